The van der Waals surface area contributed by atoms with Crippen molar-refractivity contribution >= 4 is 16.8 Å². The molecular weight excluding hydrogens is 214 g/mol. The molecule has 2 rings (SSSR count). The smallest absolute Gasteiger partial charge is 0.231 e. The maximum Gasteiger partial charge on any atom is 0.231 e. The van der Waals surface area contributed by atoms with Gasteiger partial charge in [-0.05, 0) is 18.7 Å². The van der Waals surface area contributed by atoms with Crippen molar-refractivity contribution in [2.24, 2.45) is 12.8 Å². The molecule has 4 heteroatoms. The van der Waals surface area contributed by atoms with E-state index in [4.69, 9.17) is 5.73 Å². The summed E-state index contributed by atoms with van der Waals surface area (Å²) in [5, 5.41) is 1.23. The van der Waals surface area contributed by atoms with Crippen LogP contribution in [-0.2, 0) is 18.4 Å². The quantitative estimate of drug-likeness (QED) is 0.856. The highest BCUT2D eigenvalue weighted by molar-refractivity contribution is 5.84. The fraction of sp³-hybridized carbons (Fsp3) is 0.308. The summed E-state index contributed by atoms with van der Waals surface area (Å²) in [6.45, 7) is 1.01. The van der Waals surface area contributed by atoms with E-state index < -0.39 is 0 Å². The van der Waals surface area contributed by atoms with Crippen LogP contribution in [0.25, 0.3) is 10.9 Å². The summed E-state index contributed by atoms with van der Waals surface area (Å²) in [5.74, 6) is -0.298. The van der Waals surface area contributed by atoms with Crippen LogP contribution in [-0.4, -0.2) is 29.0 Å². The van der Waals surface area contributed by atoms with Crippen molar-refractivity contribution in [1.29, 1.82) is 0 Å². The molecule has 0 unspecified atom stereocenters. The minimum absolute atomic E-state index is 0.281. The van der Waals surface area contributed by atoms with Crippen LogP contribution >= 0.6 is 0 Å². The predicted molar refractivity (Wildman–Crippen MR) is 68.4 cm³/mol. The Kier molecular flexibility index (Phi) is 3.15. The van der Waals surface area contributed by atoms with Crippen molar-refractivity contribution in [1.82, 2.24) is 9.47 Å². The average Bonchev–Trinajstić information content (AvgIpc) is 2.55. The first-order chi connectivity index (χ1) is 8.08. The number of aromatic nitrogens is 1. The first-order valence-corrected chi connectivity index (χ1v) is 5.57. The van der Waals surface area contributed by atoms with Gasteiger partial charge in [-0.2, -0.15) is 0 Å². The zero-order valence-corrected chi connectivity index (χ0v) is 10.2. The topological polar surface area (TPSA) is 51.3 Å². The van der Waals surface area contributed by atoms with Crippen molar-refractivity contribution in [2.45, 2.75) is 6.54 Å². The van der Waals surface area contributed by atoms with E-state index in [1.807, 2.05) is 31.1 Å². The number of hydrogen-bond donors (Lipinski definition) is 1. The molecule has 0 aliphatic rings. The Morgan fingerprint density at radius 1 is 1.41 bits per heavy atom. The lowest BCUT2D eigenvalue weighted by molar-refractivity contribution is -0.118. The van der Waals surface area contributed by atoms with Gasteiger partial charge in [0, 0.05) is 30.7 Å². The van der Waals surface area contributed by atoms with E-state index in [0.29, 0.717) is 0 Å². The molecule has 4 nitrogen and oxygen atoms in total. The highest BCUT2D eigenvalue weighted by Gasteiger charge is 2.09. The molecule has 90 valence electrons. The zero-order valence-electron chi connectivity index (χ0n) is 10.2. The number of aryl methyl sites for hydroxylation is 1. The summed E-state index contributed by atoms with van der Waals surface area (Å²) in [4.78, 5) is 12.8. The summed E-state index contributed by atoms with van der Waals surface area (Å²) in [5.41, 5.74) is 7.60. The second-order valence-electron chi connectivity index (χ2n) is 4.42. The Hall–Kier alpha value is -1.81. The lowest BCUT2D eigenvalue weighted by atomic mass is 10.1. The van der Waals surface area contributed by atoms with E-state index in [0.717, 1.165) is 6.54 Å². The fourth-order valence-corrected chi connectivity index (χ4v) is 2.16. The Labute approximate surface area is 101 Å². The molecular formula is C13H17N3O. The molecule has 0 radical (unpaired) electrons. The Balaban J connectivity index is 2.27. The highest BCUT2D eigenvalue weighted by Crippen LogP contribution is 2.21. The van der Waals surface area contributed by atoms with Gasteiger partial charge >= 0.3 is 0 Å². The second-order valence-corrected chi connectivity index (χ2v) is 4.42. The van der Waals surface area contributed by atoms with Gasteiger partial charge in [0.05, 0.1) is 6.54 Å². The first kappa shape index (κ1) is 11.7. The molecule has 0 fully saturated rings. The second kappa shape index (κ2) is 4.59. The summed E-state index contributed by atoms with van der Waals surface area (Å²) in [7, 11) is 3.92. The monoisotopic (exact) mass is 231 g/mol. The van der Waals surface area contributed by atoms with Gasteiger partial charge in [0.25, 0.3) is 0 Å². The SMILES string of the molecule is CN(CC(N)=O)Cc1cn(C)c2ccccc12. The molecule has 1 amide bonds. The fourth-order valence-electron chi connectivity index (χ4n) is 2.16. The normalized spacial score (nSPS) is 11.2. The lowest BCUT2D eigenvalue weighted by Crippen LogP contribution is -2.30. The van der Waals surface area contributed by atoms with E-state index in [2.05, 4.69) is 22.9 Å². The third kappa shape index (κ3) is 2.47. The number of hydrogen-bond acceptors (Lipinski definition) is 2. The Bertz CT molecular complexity index is 545. The molecule has 2 N–H and O–H groups in total. The zero-order chi connectivity index (χ0) is 12.4. The predicted octanol–water partition coefficient (Wildman–Crippen LogP) is 1.10. The largest absolute Gasteiger partial charge is 0.369 e. The number of primary amides is 1. The van der Waals surface area contributed by atoms with Crippen LogP contribution in [0.5, 0.6) is 0 Å². The van der Waals surface area contributed by atoms with Crippen LogP contribution in [0.2, 0.25) is 0 Å². The molecule has 0 bridgehead atoms. The molecule has 0 aliphatic heterocycles. The van der Waals surface area contributed by atoms with E-state index in [9.17, 15) is 4.79 Å². The molecule has 0 saturated carbocycles. The molecule has 1 aromatic heterocycles. The lowest BCUT2D eigenvalue weighted by Gasteiger charge is -2.13. The molecule has 0 aliphatic carbocycles. The van der Waals surface area contributed by atoms with Crippen LogP contribution in [0.4, 0.5) is 0 Å². The average molecular weight is 231 g/mol. The van der Waals surface area contributed by atoms with E-state index in [1.54, 1.807) is 0 Å². The minimum Gasteiger partial charge on any atom is -0.369 e. The number of amides is 1. The summed E-state index contributed by atoms with van der Waals surface area (Å²) in [6.07, 6.45) is 2.10. The Morgan fingerprint density at radius 2 is 2.12 bits per heavy atom. The van der Waals surface area contributed by atoms with Gasteiger partial charge in [-0.1, -0.05) is 18.2 Å². The van der Waals surface area contributed by atoms with Crippen LogP contribution in [0.15, 0.2) is 30.5 Å². The number of nitrogens with two attached hydrogens (primary N) is 1. The standard InChI is InChI=1S/C13H17N3O/c1-15(9-13(14)17)7-10-8-16(2)12-6-4-3-5-11(10)12/h3-6,8H,7,9H2,1-2H3,(H2,14,17). The van der Waals surface area contributed by atoms with Gasteiger partial charge in [-0.3, -0.25) is 9.69 Å². The van der Waals surface area contributed by atoms with Crippen LogP contribution in [0.3, 0.4) is 0 Å². The molecule has 0 spiro atoms. The first-order valence-electron chi connectivity index (χ1n) is 5.57. The van der Waals surface area contributed by atoms with Gasteiger partial charge in [-0.25, -0.2) is 0 Å². The minimum atomic E-state index is -0.298. The number of carbonyl (C=O) groups is 1. The number of nitrogens with zero attached hydrogens (tertiary/aromatic N) is 2. The van der Waals surface area contributed by atoms with Crippen LogP contribution < -0.4 is 5.73 Å². The molecule has 0 atom stereocenters. The summed E-state index contributed by atoms with van der Waals surface area (Å²) >= 11 is 0. The van der Waals surface area contributed by atoms with Gasteiger partial charge in [0.1, 0.15) is 0 Å². The Morgan fingerprint density at radius 3 is 2.82 bits per heavy atom. The van der Waals surface area contributed by atoms with Gasteiger partial charge in [0.15, 0.2) is 0 Å². The maximum absolute atomic E-state index is 10.8. The van der Waals surface area contributed by atoms with Crippen LogP contribution in [0.1, 0.15) is 5.56 Å². The van der Waals surface area contributed by atoms with Crippen molar-refractivity contribution in [3.63, 3.8) is 0 Å². The van der Waals surface area contributed by atoms with Crippen molar-refractivity contribution < 1.29 is 4.79 Å². The summed E-state index contributed by atoms with van der Waals surface area (Å²) in [6, 6.07) is 8.24. The number of para-hydroxylation sites is 1. The van der Waals surface area contributed by atoms with Gasteiger partial charge < -0.3 is 10.3 Å². The molecule has 0 saturated heterocycles. The number of carbonyl (C=O) groups excluding carboxylic acids is 1. The van der Waals surface area contributed by atoms with Crippen molar-refractivity contribution in [3.05, 3.63) is 36.0 Å². The molecule has 2 aromatic rings. The van der Waals surface area contributed by atoms with Crippen molar-refractivity contribution in [2.75, 3.05) is 13.6 Å². The molecule has 1 heterocycles. The molecule has 1 aromatic carbocycles. The van der Waals surface area contributed by atoms with E-state index in [-0.39, 0.29) is 12.5 Å². The van der Waals surface area contributed by atoms with Gasteiger partial charge in [0.2, 0.25) is 5.91 Å². The number of likely N-dealkylation sites (N-methyl/N-ethyl adjacent to an activating group) is 1. The maximum atomic E-state index is 10.8. The van der Waals surface area contributed by atoms with E-state index >= 15 is 0 Å². The summed E-state index contributed by atoms with van der Waals surface area (Å²) < 4.78 is 2.10. The van der Waals surface area contributed by atoms with Gasteiger partial charge in [-0.15, -0.1) is 0 Å². The number of benzene rings is 1. The third-order valence-corrected chi connectivity index (χ3v) is 2.85. The third-order valence-electron chi connectivity index (χ3n) is 2.85. The highest BCUT2D eigenvalue weighted by atomic mass is 16.1. The molecule has 17 heavy (non-hydrogen) atoms. The van der Waals surface area contributed by atoms with E-state index in [1.165, 1.54) is 16.5 Å². The number of fused-ring (bicyclic) bond motifs is 1. The van der Waals surface area contributed by atoms with Crippen LogP contribution in [0, 0.1) is 0 Å². The van der Waals surface area contributed by atoms with Crippen molar-refractivity contribution in [3.8, 4) is 0 Å². The number of rotatable bonds is 4.